The fraction of sp³-hybridized carbons (Fsp3) is 0.353. The summed E-state index contributed by atoms with van der Waals surface area (Å²) in [6.07, 6.45) is 14.6. The molecular formula is C17H20O2. The molecule has 0 heterocycles. The van der Waals surface area contributed by atoms with Crippen LogP contribution in [0.25, 0.3) is 0 Å². The summed E-state index contributed by atoms with van der Waals surface area (Å²) < 4.78 is 4.69. The van der Waals surface area contributed by atoms with Crippen LogP contribution >= 0.6 is 0 Å². The van der Waals surface area contributed by atoms with Crippen molar-refractivity contribution in [2.75, 3.05) is 6.61 Å². The largest absolute Gasteiger partial charge is 0.462 e. The van der Waals surface area contributed by atoms with E-state index in [4.69, 9.17) is 4.74 Å². The lowest BCUT2D eigenvalue weighted by Crippen LogP contribution is -1.96. The summed E-state index contributed by atoms with van der Waals surface area (Å²) in [4.78, 5) is 10.4. The van der Waals surface area contributed by atoms with Gasteiger partial charge in [-0.3, -0.25) is 4.79 Å². The first-order valence-corrected chi connectivity index (χ1v) is 6.38. The highest BCUT2D eigenvalue weighted by molar-refractivity contribution is 5.66. The molecule has 2 heteroatoms. The molecular weight excluding hydrogens is 236 g/mol. The van der Waals surface area contributed by atoms with Crippen LogP contribution < -0.4 is 0 Å². The van der Waals surface area contributed by atoms with E-state index in [-0.39, 0.29) is 12.6 Å². The lowest BCUT2D eigenvalue weighted by molar-refractivity contribution is -0.139. The highest BCUT2D eigenvalue weighted by atomic mass is 16.5. The van der Waals surface area contributed by atoms with Crippen molar-refractivity contribution in [3.05, 3.63) is 36.5 Å². The van der Waals surface area contributed by atoms with Crippen LogP contribution in [0.4, 0.5) is 0 Å². The summed E-state index contributed by atoms with van der Waals surface area (Å²) in [7, 11) is 0. The van der Waals surface area contributed by atoms with Gasteiger partial charge in [0, 0.05) is 6.92 Å². The van der Waals surface area contributed by atoms with Crippen molar-refractivity contribution in [2.24, 2.45) is 0 Å². The lowest BCUT2D eigenvalue weighted by atomic mass is 10.2. The third kappa shape index (κ3) is 15.8. The number of unbranched alkanes of at least 4 members (excludes halogenated alkanes) is 2. The topological polar surface area (TPSA) is 26.3 Å². The Bertz CT molecular complexity index is 445. The molecule has 0 aromatic heterocycles. The Morgan fingerprint density at radius 1 is 1.11 bits per heavy atom. The Hall–Kier alpha value is -2.19. The van der Waals surface area contributed by atoms with E-state index in [2.05, 4.69) is 36.7 Å². The van der Waals surface area contributed by atoms with Crippen LogP contribution in [0.5, 0.6) is 0 Å². The number of ether oxygens (including phenoxy) is 1. The standard InChI is InChI=1S/C17H20O2/c1-3-4-5-6-7-8-9-10-11-12-13-14-15-16-19-17(2)18/h6-9,14-15H,3-5,16H2,1-2H3/b7-6+,9-8+,15-14+. The second-order valence-corrected chi connectivity index (χ2v) is 3.67. The van der Waals surface area contributed by atoms with Crippen molar-refractivity contribution in [2.45, 2.75) is 33.1 Å². The van der Waals surface area contributed by atoms with Crippen molar-refractivity contribution in [1.82, 2.24) is 0 Å². The van der Waals surface area contributed by atoms with Crippen molar-refractivity contribution >= 4 is 5.97 Å². The molecule has 0 aliphatic rings. The van der Waals surface area contributed by atoms with E-state index >= 15 is 0 Å². The molecule has 0 atom stereocenters. The molecule has 0 saturated heterocycles. The minimum atomic E-state index is -0.297. The fourth-order valence-corrected chi connectivity index (χ4v) is 1.03. The molecule has 0 fully saturated rings. The van der Waals surface area contributed by atoms with Gasteiger partial charge in [0.25, 0.3) is 0 Å². The zero-order valence-electron chi connectivity index (χ0n) is 11.6. The van der Waals surface area contributed by atoms with Gasteiger partial charge in [-0.1, -0.05) is 49.8 Å². The van der Waals surface area contributed by atoms with Gasteiger partial charge >= 0.3 is 5.97 Å². The van der Waals surface area contributed by atoms with Crippen LogP contribution in [-0.4, -0.2) is 12.6 Å². The molecule has 0 aliphatic heterocycles. The second kappa shape index (κ2) is 13.9. The quantitative estimate of drug-likeness (QED) is 0.315. The van der Waals surface area contributed by atoms with E-state index in [1.54, 1.807) is 18.2 Å². The lowest BCUT2D eigenvalue weighted by Gasteiger charge is -1.91. The minimum absolute atomic E-state index is 0.250. The first-order chi connectivity index (χ1) is 9.27. The van der Waals surface area contributed by atoms with E-state index in [1.165, 1.54) is 19.8 Å². The maximum Gasteiger partial charge on any atom is 0.302 e. The number of carbonyl (C=O) groups is 1. The Morgan fingerprint density at radius 2 is 1.84 bits per heavy atom. The molecule has 100 valence electrons. The Morgan fingerprint density at radius 3 is 2.53 bits per heavy atom. The maximum atomic E-state index is 10.4. The van der Waals surface area contributed by atoms with E-state index < -0.39 is 0 Å². The van der Waals surface area contributed by atoms with E-state index in [9.17, 15) is 4.79 Å². The average Bonchev–Trinajstić information content (AvgIpc) is 2.39. The van der Waals surface area contributed by atoms with Crippen molar-refractivity contribution < 1.29 is 9.53 Å². The Labute approximate surface area is 116 Å². The van der Waals surface area contributed by atoms with Crippen LogP contribution in [-0.2, 0) is 9.53 Å². The minimum Gasteiger partial charge on any atom is -0.462 e. The van der Waals surface area contributed by atoms with Crippen molar-refractivity contribution in [3.63, 3.8) is 0 Å². The highest BCUT2D eigenvalue weighted by Gasteiger charge is 1.84. The van der Waals surface area contributed by atoms with Gasteiger partial charge in [-0.25, -0.2) is 0 Å². The van der Waals surface area contributed by atoms with Gasteiger partial charge in [-0.2, -0.15) is 0 Å². The molecule has 2 nitrogen and oxygen atoms in total. The van der Waals surface area contributed by atoms with Gasteiger partial charge in [0.05, 0.1) is 0 Å². The summed E-state index contributed by atoms with van der Waals surface area (Å²) in [6, 6.07) is 0. The molecule has 0 N–H and O–H groups in total. The van der Waals surface area contributed by atoms with Crippen LogP contribution in [0.1, 0.15) is 33.1 Å². The molecule has 19 heavy (non-hydrogen) atoms. The molecule has 0 radical (unpaired) electrons. The predicted octanol–water partition coefficient (Wildman–Crippen LogP) is 3.42. The summed E-state index contributed by atoms with van der Waals surface area (Å²) in [5, 5.41) is 0. The normalized spacial score (nSPS) is 10.2. The van der Waals surface area contributed by atoms with Gasteiger partial charge in [0.15, 0.2) is 0 Å². The molecule has 0 aromatic rings. The number of allylic oxidation sites excluding steroid dienone is 5. The molecule has 0 amide bonds. The molecule has 0 rings (SSSR count). The van der Waals surface area contributed by atoms with E-state index in [0.29, 0.717) is 0 Å². The third-order valence-corrected chi connectivity index (χ3v) is 1.94. The van der Waals surface area contributed by atoms with E-state index in [0.717, 1.165) is 6.42 Å². The SMILES string of the molecule is CCCC/C=C/C=C/C#CC#C/C=C/COC(C)=O. The Kier molecular flexibility index (Phi) is 12.3. The van der Waals surface area contributed by atoms with Gasteiger partial charge in [0.2, 0.25) is 0 Å². The fourth-order valence-electron chi connectivity index (χ4n) is 1.03. The number of hydrogen-bond acceptors (Lipinski definition) is 2. The number of hydrogen-bond donors (Lipinski definition) is 0. The molecule has 0 aliphatic carbocycles. The maximum absolute atomic E-state index is 10.4. The van der Waals surface area contributed by atoms with Gasteiger partial charge < -0.3 is 4.74 Å². The summed E-state index contributed by atoms with van der Waals surface area (Å²) in [5.74, 6) is 10.6. The zero-order chi connectivity index (χ0) is 14.2. The first kappa shape index (κ1) is 16.8. The highest BCUT2D eigenvalue weighted by Crippen LogP contribution is 1.94. The monoisotopic (exact) mass is 256 g/mol. The Balaban J connectivity index is 3.77. The summed E-state index contributed by atoms with van der Waals surface area (Å²) in [6.45, 7) is 3.79. The molecule has 0 aromatic carbocycles. The predicted molar refractivity (Wildman–Crippen MR) is 79.1 cm³/mol. The number of rotatable bonds is 6. The van der Waals surface area contributed by atoms with E-state index in [1.807, 2.05) is 12.2 Å². The number of esters is 1. The van der Waals surface area contributed by atoms with Crippen molar-refractivity contribution in [1.29, 1.82) is 0 Å². The van der Waals surface area contributed by atoms with Gasteiger partial charge in [0.1, 0.15) is 6.61 Å². The second-order valence-electron chi connectivity index (χ2n) is 3.67. The van der Waals surface area contributed by atoms with Crippen LogP contribution in [0.3, 0.4) is 0 Å². The third-order valence-electron chi connectivity index (χ3n) is 1.94. The first-order valence-electron chi connectivity index (χ1n) is 6.38. The molecule has 0 spiro atoms. The molecule has 0 unspecified atom stereocenters. The number of carbonyl (C=O) groups excluding carboxylic acids is 1. The van der Waals surface area contributed by atoms with Crippen LogP contribution in [0, 0.1) is 23.7 Å². The molecule has 0 saturated carbocycles. The molecule has 0 bridgehead atoms. The van der Waals surface area contributed by atoms with Crippen LogP contribution in [0.2, 0.25) is 0 Å². The summed E-state index contributed by atoms with van der Waals surface area (Å²) >= 11 is 0. The van der Waals surface area contributed by atoms with Crippen molar-refractivity contribution in [3.8, 4) is 23.7 Å². The van der Waals surface area contributed by atoms with Crippen LogP contribution in [0.15, 0.2) is 36.5 Å². The summed E-state index contributed by atoms with van der Waals surface area (Å²) in [5.41, 5.74) is 0. The smallest absolute Gasteiger partial charge is 0.302 e. The van der Waals surface area contributed by atoms with Gasteiger partial charge in [-0.05, 0) is 36.5 Å². The average molecular weight is 256 g/mol. The zero-order valence-corrected chi connectivity index (χ0v) is 11.6. The van der Waals surface area contributed by atoms with Gasteiger partial charge in [-0.15, -0.1) is 0 Å².